The maximum atomic E-state index is 13.2. The summed E-state index contributed by atoms with van der Waals surface area (Å²) in [5, 5.41) is 8.99. The Morgan fingerprint density at radius 1 is 1.47 bits per heavy atom. The molecule has 0 aromatic heterocycles. The van der Waals surface area contributed by atoms with E-state index < -0.39 is 0 Å². The fourth-order valence-electron chi connectivity index (χ4n) is 1.93. The summed E-state index contributed by atoms with van der Waals surface area (Å²) in [5.74, 6) is 0.478. The van der Waals surface area contributed by atoms with Crippen molar-refractivity contribution in [1.82, 2.24) is 4.90 Å². The number of rotatable bonds is 7. The quantitative estimate of drug-likeness (QED) is 0.709. The van der Waals surface area contributed by atoms with Crippen LogP contribution in [-0.2, 0) is 11.3 Å². The summed E-state index contributed by atoms with van der Waals surface area (Å²) in [5.41, 5.74) is 1.26. The molecule has 1 aromatic rings. The van der Waals surface area contributed by atoms with Crippen molar-refractivity contribution in [3.8, 4) is 6.07 Å². The van der Waals surface area contributed by atoms with Gasteiger partial charge in [-0.05, 0) is 49.6 Å². The molecule has 0 bridgehead atoms. The van der Waals surface area contributed by atoms with Crippen molar-refractivity contribution in [2.75, 3.05) is 26.8 Å². The molecule has 0 atom stereocenters. The number of nitriles is 1. The Labute approximate surface area is 113 Å². The average molecular weight is 262 g/mol. The van der Waals surface area contributed by atoms with E-state index in [2.05, 4.69) is 6.07 Å². The van der Waals surface area contributed by atoms with Crippen LogP contribution < -0.4 is 0 Å². The second-order valence-electron chi connectivity index (χ2n) is 5.17. The summed E-state index contributed by atoms with van der Waals surface area (Å²) in [4.78, 5) is 2.04. The normalized spacial score (nSPS) is 14.6. The number of halogens is 1. The first-order chi connectivity index (χ1) is 9.19. The molecule has 0 amide bonds. The molecule has 0 unspecified atom stereocenters. The van der Waals surface area contributed by atoms with Crippen LogP contribution in [0.3, 0.4) is 0 Å². The van der Waals surface area contributed by atoms with Crippen LogP contribution in [-0.4, -0.2) is 31.7 Å². The monoisotopic (exact) mass is 262 g/mol. The lowest BCUT2D eigenvalue weighted by Crippen LogP contribution is -2.23. The lowest BCUT2D eigenvalue weighted by atomic mass is 10.1. The molecule has 1 aromatic carbocycles. The van der Waals surface area contributed by atoms with Crippen LogP contribution in [0.2, 0.25) is 0 Å². The summed E-state index contributed by atoms with van der Waals surface area (Å²) in [6.07, 6.45) is 2.59. The van der Waals surface area contributed by atoms with Gasteiger partial charge in [-0.3, -0.25) is 4.90 Å². The molecular formula is C15H19FN2O. The molecule has 2 rings (SSSR count). The van der Waals surface area contributed by atoms with Crippen LogP contribution in [0, 0.1) is 23.1 Å². The highest BCUT2D eigenvalue weighted by Gasteiger charge is 2.20. The van der Waals surface area contributed by atoms with Crippen LogP contribution in [0.4, 0.5) is 4.39 Å². The van der Waals surface area contributed by atoms with E-state index in [0.29, 0.717) is 18.7 Å². The van der Waals surface area contributed by atoms with E-state index in [1.165, 1.54) is 31.0 Å². The van der Waals surface area contributed by atoms with E-state index in [-0.39, 0.29) is 5.82 Å². The highest BCUT2D eigenvalue weighted by molar-refractivity contribution is 5.37. The Kier molecular flexibility index (Phi) is 4.89. The number of nitrogens with zero attached hydrogens (tertiary/aromatic N) is 2. The minimum Gasteiger partial charge on any atom is -0.380 e. The van der Waals surface area contributed by atoms with Crippen molar-refractivity contribution in [3.05, 3.63) is 35.1 Å². The molecule has 3 nitrogen and oxygen atoms in total. The molecular weight excluding hydrogens is 243 g/mol. The Morgan fingerprint density at radius 3 is 2.95 bits per heavy atom. The topological polar surface area (TPSA) is 36.3 Å². The second kappa shape index (κ2) is 6.65. The van der Waals surface area contributed by atoms with E-state index >= 15 is 0 Å². The standard InChI is InChI=1S/C15H19FN2O/c1-18(6-7-19-11-12-2-3-12)10-14-8-15(16)5-4-13(14)9-17/h4-5,8,12H,2-3,6-7,10-11H2,1H3. The van der Waals surface area contributed by atoms with Crippen molar-refractivity contribution in [2.45, 2.75) is 19.4 Å². The number of likely N-dealkylation sites (N-methyl/N-ethyl adjacent to an activating group) is 1. The molecule has 1 fully saturated rings. The molecule has 0 spiro atoms. The number of benzene rings is 1. The van der Waals surface area contributed by atoms with Gasteiger partial charge >= 0.3 is 0 Å². The van der Waals surface area contributed by atoms with Gasteiger partial charge in [-0.1, -0.05) is 0 Å². The van der Waals surface area contributed by atoms with Gasteiger partial charge in [0.15, 0.2) is 0 Å². The third-order valence-corrected chi connectivity index (χ3v) is 3.30. The number of ether oxygens (including phenoxy) is 1. The van der Waals surface area contributed by atoms with Crippen molar-refractivity contribution in [3.63, 3.8) is 0 Å². The van der Waals surface area contributed by atoms with Gasteiger partial charge in [-0.2, -0.15) is 5.26 Å². The summed E-state index contributed by atoms with van der Waals surface area (Å²) in [7, 11) is 1.95. The maximum absolute atomic E-state index is 13.2. The van der Waals surface area contributed by atoms with Gasteiger partial charge in [-0.25, -0.2) is 4.39 Å². The van der Waals surface area contributed by atoms with Crippen molar-refractivity contribution in [2.24, 2.45) is 5.92 Å². The molecule has 4 heteroatoms. The largest absolute Gasteiger partial charge is 0.380 e. The smallest absolute Gasteiger partial charge is 0.123 e. The minimum absolute atomic E-state index is 0.299. The summed E-state index contributed by atoms with van der Waals surface area (Å²) in [6, 6.07) is 6.37. The third-order valence-electron chi connectivity index (χ3n) is 3.30. The first kappa shape index (κ1) is 14.0. The lowest BCUT2D eigenvalue weighted by molar-refractivity contribution is 0.102. The molecule has 19 heavy (non-hydrogen) atoms. The second-order valence-corrected chi connectivity index (χ2v) is 5.17. The van der Waals surface area contributed by atoms with Gasteiger partial charge in [0.05, 0.1) is 18.2 Å². The zero-order valence-corrected chi connectivity index (χ0v) is 11.2. The molecule has 1 aliphatic rings. The summed E-state index contributed by atoms with van der Waals surface area (Å²) in [6.45, 7) is 2.89. The van der Waals surface area contributed by atoms with E-state index in [9.17, 15) is 4.39 Å². The molecule has 0 saturated heterocycles. The van der Waals surface area contributed by atoms with Crippen LogP contribution in [0.1, 0.15) is 24.0 Å². The SMILES string of the molecule is CN(CCOCC1CC1)Cc1cc(F)ccc1C#N. The maximum Gasteiger partial charge on any atom is 0.123 e. The Morgan fingerprint density at radius 2 is 2.26 bits per heavy atom. The highest BCUT2D eigenvalue weighted by Crippen LogP contribution is 2.28. The van der Waals surface area contributed by atoms with Gasteiger partial charge in [-0.15, -0.1) is 0 Å². The molecule has 1 saturated carbocycles. The van der Waals surface area contributed by atoms with Crippen LogP contribution in [0.5, 0.6) is 0 Å². The summed E-state index contributed by atoms with van der Waals surface area (Å²) < 4.78 is 18.7. The molecule has 0 aliphatic heterocycles. The van der Waals surface area contributed by atoms with Crippen LogP contribution in [0.15, 0.2) is 18.2 Å². The molecule has 0 heterocycles. The van der Waals surface area contributed by atoms with Gasteiger partial charge in [0.1, 0.15) is 5.82 Å². The zero-order valence-electron chi connectivity index (χ0n) is 11.2. The zero-order chi connectivity index (χ0) is 13.7. The van der Waals surface area contributed by atoms with E-state index in [1.807, 2.05) is 11.9 Å². The predicted molar refractivity (Wildman–Crippen MR) is 71.0 cm³/mol. The fraction of sp³-hybridized carbons (Fsp3) is 0.533. The highest BCUT2D eigenvalue weighted by atomic mass is 19.1. The first-order valence-corrected chi connectivity index (χ1v) is 6.64. The van der Waals surface area contributed by atoms with Crippen molar-refractivity contribution < 1.29 is 9.13 Å². The minimum atomic E-state index is -0.299. The first-order valence-electron chi connectivity index (χ1n) is 6.64. The molecule has 102 valence electrons. The van der Waals surface area contributed by atoms with Crippen molar-refractivity contribution >= 4 is 0 Å². The molecule has 0 N–H and O–H groups in total. The van der Waals surface area contributed by atoms with Gasteiger partial charge in [0.2, 0.25) is 0 Å². The molecule has 0 radical (unpaired) electrons. The van der Waals surface area contributed by atoms with Gasteiger partial charge < -0.3 is 4.74 Å². The van der Waals surface area contributed by atoms with Crippen LogP contribution in [0.25, 0.3) is 0 Å². The van der Waals surface area contributed by atoms with E-state index in [4.69, 9.17) is 10.00 Å². The van der Waals surface area contributed by atoms with E-state index in [0.717, 1.165) is 24.6 Å². The van der Waals surface area contributed by atoms with E-state index in [1.54, 1.807) is 0 Å². The van der Waals surface area contributed by atoms with Gasteiger partial charge in [0, 0.05) is 19.7 Å². The predicted octanol–water partition coefficient (Wildman–Crippen LogP) is 2.56. The van der Waals surface area contributed by atoms with Crippen LogP contribution >= 0.6 is 0 Å². The average Bonchev–Trinajstić information content (AvgIpc) is 3.19. The summed E-state index contributed by atoms with van der Waals surface area (Å²) >= 11 is 0. The number of hydrogen-bond acceptors (Lipinski definition) is 3. The Bertz CT molecular complexity index is 466. The molecule has 1 aliphatic carbocycles. The third kappa shape index (κ3) is 4.62. The Hall–Kier alpha value is -1.44. The fourth-order valence-corrected chi connectivity index (χ4v) is 1.93. The Balaban J connectivity index is 1.78. The lowest BCUT2D eigenvalue weighted by Gasteiger charge is -2.17. The van der Waals surface area contributed by atoms with Crippen molar-refractivity contribution in [1.29, 1.82) is 5.26 Å². The number of hydrogen-bond donors (Lipinski definition) is 0. The van der Waals surface area contributed by atoms with Gasteiger partial charge in [0.25, 0.3) is 0 Å².